The minimum Gasteiger partial charge on any atom is -0.493 e. The number of benzene rings is 1. The highest BCUT2D eigenvalue weighted by Crippen LogP contribution is 2.18. The monoisotopic (exact) mass is 280 g/mol. The maximum Gasteiger partial charge on any atom is 0.192 e. The van der Waals surface area contributed by atoms with E-state index in [9.17, 15) is 4.79 Å². The molecule has 0 saturated heterocycles. The van der Waals surface area contributed by atoms with Crippen molar-refractivity contribution in [3.8, 4) is 5.75 Å². The lowest BCUT2D eigenvalue weighted by atomic mass is 10.1. The van der Waals surface area contributed by atoms with Gasteiger partial charge in [0.1, 0.15) is 12.4 Å². The van der Waals surface area contributed by atoms with Crippen molar-refractivity contribution < 1.29 is 19.0 Å². The van der Waals surface area contributed by atoms with E-state index in [-0.39, 0.29) is 18.0 Å². The van der Waals surface area contributed by atoms with Gasteiger partial charge in [0, 0.05) is 0 Å². The van der Waals surface area contributed by atoms with Crippen LogP contribution in [0.5, 0.6) is 5.75 Å². The van der Waals surface area contributed by atoms with Crippen LogP contribution < -0.4 is 4.74 Å². The predicted octanol–water partition coefficient (Wildman–Crippen LogP) is 3.10. The van der Waals surface area contributed by atoms with Crippen molar-refractivity contribution in [1.29, 1.82) is 0 Å². The predicted molar refractivity (Wildman–Crippen MR) is 78.5 cm³/mol. The summed E-state index contributed by atoms with van der Waals surface area (Å²) in [6, 6.07) is 7.21. The van der Waals surface area contributed by atoms with Gasteiger partial charge in [0.25, 0.3) is 0 Å². The molecule has 112 valence electrons. The first-order chi connectivity index (χ1) is 9.44. The van der Waals surface area contributed by atoms with Crippen LogP contribution in [0.3, 0.4) is 0 Å². The maximum absolute atomic E-state index is 12.1. The first-order valence-corrected chi connectivity index (χ1v) is 6.91. The minimum atomic E-state index is -0.186. The zero-order valence-electron chi connectivity index (χ0n) is 12.8. The normalized spacial score (nSPS) is 11.4. The number of hydrogen-bond donors (Lipinski definition) is 0. The molecule has 0 aliphatic heterocycles. The molecule has 0 aliphatic rings. The van der Waals surface area contributed by atoms with Gasteiger partial charge in [0.2, 0.25) is 0 Å². The molecule has 0 N–H and O–H groups in total. The number of hydrogen-bond acceptors (Lipinski definition) is 4. The summed E-state index contributed by atoms with van der Waals surface area (Å²) in [6.45, 7) is 9.29. The SMILES string of the molecule is CCOc1ccccc1C(=O)COCCOC(C)(C)C. The molecule has 0 bridgehead atoms. The Morgan fingerprint density at radius 3 is 2.50 bits per heavy atom. The van der Waals surface area contributed by atoms with Gasteiger partial charge in [-0.2, -0.15) is 0 Å². The van der Waals surface area contributed by atoms with E-state index in [4.69, 9.17) is 14.2 Å². The second-order valence-electron chi connectivity index (χ2n) is 5.37. The first kappa shape index (κ1) is 16.7. The number of para-hydroxylation sites is 1. The molecular weight excluding hydrogens is 256 g/mol. The van der Waals surface area contributed by atoms with Gasteiger partial charge < -0.3 is 14.2 Å². The molecule has 20 heavy (non-hydrogen) atoms. The van der Waals surface area contributed by atoms with E-state index in [1.165, 1.54) is 0 Å². The van der Waals surface area contributed by atoms with E-state index in [1.54, 1.807) is 12.1 Å². The summed E-state index contributed by atoms with van der Waals surface area (Å²) in [5.41, 5.74) is 0.376. The lowest BCUT2D eigenvalue weighted by molar-refractivity contribution is -0.0324. The van der Waals surface area contributed by atoms with Crippen molar-refractivity contribution in [3.05, 3.63) is 29.8 Å². The van der Waals surface area contributed by atoms with E-state index in [0.29, 0.717) is 31.1 Å². The van der Waals surface area contributed by atoms with Gasteiger partial charge in [0.05, 0.1) is 31.0 Å². The van der Waals surface area contributed by atoms with E-state index < -0.39 is 0 Å². The van der Waals surface area contributed by atoms with Crippen LogP contribution in [0.4, 0.5) is 0 Å². The first-order valence-electron chi connectivity index (χ1n) is 6.91. The zero-order valence-corrected chi connectivity index (χ0v) is 12.8. The average Bonchev–Trinajstić information content (AvgIpc) is 2.38. The quantitative estimate of drug-likeness (QED) is 0.542. The molecule has 0 spiro atoms. The molecule has 0 aromatic heterocycles. The third-order valence-electron chi connectivity index (χ3n) is 2.48. The van der Waals surface area contributed by atoms with E-state index in [1.807, 2.05) is 39.8 Å². The summed E-state index contributed by atoms with van der Waals surface area (Å²) in [5, 5.41) is 0. The smallest absolute Gasteiger partial charge is 0.192 e. The molecular formula is C16H24O4. The largest absolute Gasteiger partial charge is 0.493 e. The molecule has 0 atom stereocenters. The number of rotatable bonds is 8. The van der Waals surface area contributed by atoms with Crippen molar-refractivity contribution in [3.63, 3.8) is 0 Å². The molecule has 0 saturated carbocycles. The Balaban J connectivity index is 2.40. The fourth-order valence-electron chi connectivity index (χ4n) is 1.63. The third-order valence-corrected chi connectivity index (χ3v) is 2.48. The molecule has 4 nitrogen and oxygen atoms in total. The Labute approximate surface area is 121 Å². The summed E-state index contributed by atoms with van der Waals surface area (Å²) >= 11 is 0. The maximum atomic E-state index is 12.1. The van der Waals surface area contributed by atoms with Crippen LogP contribution in [-0.2, 0) is 9.47 Å². The van der Waals surface area contributed by atoms with Gasteiger partial charge in [-0.15, -0.1) is 0 Å². The summed E-state index contributed by atoms with van der Waals surface area (Å²) in [4.78, 5) is 12.1. The van der Waals surface area contributed by atoms with Gasteiger partial charge in [0.15, 0.2) is 5.78 Å². The van der Waals surface area contributed by atoms with E-state index >= 15 is 0 Å². The summed E-state index contributed by atoms with van der Waals surface area (Å²) in [6.07, 6.45) is 0. The molecule has 0 amide bonds. The Morgan fingerprint density at radius 2 is 1.85 bits per heavy atom. The van der Waals surface area contributed by atoms with Crippen molar-refractivity contribution >= 4 is 5.78 Å². The molecule has 0 radical (unpaired) electrons. The number of ether oxygens (including phenoxy) is 3. The molecule has 1 aromatic rings. The zero-order chi connectivity index (χ0) is 15.0. The highest BCUT2D eigenvalue weighted by molar-refractivity contribution is 5.99. The fourth-order valence-corrected chi connectivity index (χ4v) is 1.63. The van der Waals surface area contributed by atoms with Crippen molar-refractivity contribution in [1.82, 2.24) is 0 Å². The van der Waals surface area contributed by atoms with Gasteiger partial charge in [-0.1, -0.05) is 12.1 Å². The Hall–Kier alpha value is -1.39. The van der Waals surface area contributed by atoms with Crippen molar-refractivity contribution in [2.24, 2.45) is 0 Å². The highest BCUT2D eigenvalue weighted by atomic mass is 16.5. The molecule has 1 aromatic carbocycles. The fraction of sp³-hybridized carbons (Fsp3) is 0.562. The minimum absolute atomic E-state index is 0.0393. The molecule has 0 aliphatic carbocycles. The number of carbonyl (C=O) groups excluding carboxylic acids is 1. The summed E-state index contributed by atoms with van der Waals surface area (Å²) in [5.74, 6) is 0.527. The molecule has 0 fully saturated rings. The van der Waals surface area contributed by atoms with Crippen LogP contribution in [0.1, 0.15) is 38.1 Å². The van der Waals surface area contributed by atoms with Crippen LogP contribution in [0, 0.1) is 0 Å². The Bertz CT molecular complexity index is 421. The molecule has 4 heteroatoms. The molecule has 0 heterocycles. The molecule has 0 unspecified atom stereocenters. The van der Waals surface area contributed by atoms with E-state index in [2.05, 4.69) is 0 Å². The van der Waals surface area contributed by atoms with E-state index in [0.717, 1.165) is 0 Å². The van der Waals surface area contributed by atoms with Crippen LogP contribution in [0.15, 0.2) is 24.3 Å². The van der Waals surface area contributed by atoms with Gasteiger partial charge in [-0.3, -0.25) is 4.79 Å². The van der Waals surface area contributed by atoms with Crippen molar-refractivity contribution in [2.75, 3.05) is 26.4 Å². The Morgan fingerprint density at radius 1 is 1.15 bits per heavy atom. The van der Waals surface area contributed by atoms with Crippen LogP contribution in [0.25, 0.3) is 0 Å². The number of ketones is 1. The Kier molecular flexibility index (Phi) is 6.68. The van der Waals surface area contributed by atoms with Gasteiger partial charge >= 0.3 is 0 Å². The number of carbonyl (C=O) groups is 1. The third kappa shape index (κ3) is 6.17. The average molecular weight is 280 g/mol. The second-order valence-corrected chi connectivity index (χ2v) is 5.37. The van der Waals surface area contributed by atoms with Crippen LogP contribution in [-0.4, -0.2) is 37.8 Å². The van der Waals surface area contributed by atoms with Crippen molar-refractivity contribution in [2.45, 2.75) is 33.3 Å². The van der Waals surface area contributed by atoms with Gasteiger partial charge in [-0.25, -0.2) is 0 Å². The summed E-state index contributed by atoms with van der Waals surface area (Å²) < 4.78 is 16.3. The lowest BCUT2D eigenvalue weighted by Gasteiger charge is -2.19. The lowest BCUT2D eigenvalue weighted by Crippen LogP contribution is -2.22. The van der Waals surface area contributed by atoms with Crippen LogP contribution in [0.2, 0.25) is 0 Å². The second kappa shape index (κ2) is 8.02. The van der Waals surface area contributed by atoms with Gasteiger partial charge in [-0.05, 0) is 39.8 Å². The summed E-state index contributed by atoms with van der Waals surface area (Å²) in [7, 11) is 0. The van der Waals surface area contributed by atoms with Crippen LogP contribution >= 0.6 is 0 Å². The highest BCUT2D eigenvalue weighted by Gasteiger charge is 2.13. The standard InChI is InChI=1S/C16H24O4/c1-5-19-15-9-7-6-8-13(15)14(17)12-18-10-11-20-16(2,3)4/h6-9H,5,10-12H2,1-4H3. The molecule has 1 rings (SSSR count). The topological polar surface area (TPSA) is 44.8 Å². The number of Topliss-reactive ketones (excluding diaryl/α,β-unsaturated/α-hetero) is 1.